The van der Waals surface area contributed by atoms with E-state index in [-0.39, 0.29) is 0 Å². The molecule has 1 heterocycles. The van der Waals surface area contributed by atoms with E-state index in [9.17, 15) is 0 Å². The summed E-state index contributed by atoms with van der Waals surface area (Å²) in [5.74, 6) is 1.26. The van der Waals surface area contributed by atoms with Gasteiger partial charge in [-0.25, -0.2) is 0 Å². The third kappa shape index (κ3) is 0.669. The molecule has 1 spiro atoms. The summed E-state index contributed by atoms with van der Waals surface area (Å²) in [7, 11) is 2.21. The second kappa shape index (κ2) is 1.42. The van der Waals surface area contributed by atoms with Gasteiger partial charge >= 0.3 is 0 Å². The molecule has 0 aromatic rings. The molecule has 1 saturated heterocycles. The molecule has 2 aliphatic rings. The van der Waals surface area contributed by atoms with Crippen LogP contribution >= 0.6 is 11.8 Å². The van der Waals surface area contributed by atoms with Crippen LogP contribution in [0.4, 0.5) is 0 Å². The van der Waals surface area contributed by atoms with E-state index in [4.69, 9.17) is 0 Å². The number of nitrogens with zero attached hydrogens (tertiary/aromatic N) is 1. The number of hydrogen-bond acceptors (Lipinski definition) is 2. The van der Waals surface area contributed by atoms with E-state index in [0.717, 1.165) is 4.75 Å². The summed E-state index contributed by atoms with van der Waals surface area (Å²) in [6.07, 6.45) is 2.95. The molecule has 2 rings (SSSR count). The predicted octanol–water partition coefficient (Wildman–Crippen LogP) is 1.16. The molecule has 46 valence electrons. The van der Waals surface area contributed by atoms with Crippen molar-refractivity contribution in [2.45, 2.75) is 17.6 Å². The maximum atomic E-state index is 2.41. The summed E-state index contributed by atoms with van der Waals surface area (Å²) in [4.78, 5) is 2.41. The molecule has 1 aliphatic carbocycles. The summed E-state index contributed by atoms with van der Waals surface area (Å²) < 4.78 is 0.759. The summed E-state index contributed by atoms with van der Waals surface area (Å²) in [5.41, 5.74) is 0. The lowest BCUT2D eigenvalue weighted by Gasteiger charge is -2.03. The number of rotatable bonds is 0. The molecule has 1 nitrogen and oxygen atoms in total. The zero-order valence-corrected chi connectivity index (χ0v) is 6.00. The van der Waals surface area contributed by atoms with Crippen molar-refractivity contribution in [2.75, 3.05) is 19.5 Å². The Kier molecular flexibility index (Phi) is 0.910. The van der Waals surface area contributed by atoms with E-state index in [1.165, 1.54) is 25.3 Å². The standard InChI is InChI=1S/C6H11NS/c1-7-4-6(2-3-6)8-5-7/h2-5H2,1H3. The zero-order chi connectivity index (χ0) is 5.61. The van der Waals surface area contributed by atoms with Gasteiger partial charge in [-0.15, -0.1) is 11.8 Å². The van der Waals surface area contributed by atoms with E-state index in [0.29, 0.717) is 0 Å². The fourth-order valence-electron chi connectivity index (χ4n) is 1.27. The van der Waals surface area contributed by atoms with Gasteiger partial charge in [0.15, 0.2) is 0 Å². The molecule has 0 aromatic heterocycles. The van der Waals surface area contributed by atoms with E-state index >= 15 is 0 Å². The largest absolute Gasteiger partial charge is 0.296 e. The fourth-order valence-corrected chi connectivity index (χ4v) is 2.56. The van der Waals surface area contributed by atoms with Crippen LogP contribution < -0.4 is 0 Å². The van der Waals surface area contributed by atoms with Crippen molar-refractivity contribution < 1.29 is 0 Å². The molecular weight excluding hydrogens is 118 g/mol. The van der Waals surface area contributed by atoms with Gasteiger partial charge in [0.1, 0.15) is 0 Å². The molecule has 1 saturated carbocycles. The van der Waals surface area contributed by atoms with Gasteiger partial charge in [-0.05, 0) is 19.9 Å². The Balaban J connectivity index is 2.03. The first-order chi connectivity index (χ1) is 3.81. The van der Waals surface area contributed by atoms with E-state index in [1.54, 1.807) is 0 Å². The molecule has 0 N–H and O–H groups in total. The van der Waals surface area contributed by atoms with Crippen LogP contribution in [-0.2, 0) is 0 Å². The first-order valence-electron chi connectivity index (χ1n) is 3.13. The smallest absolute Gasteiger partial charge is 0.0447 e. The van der Waals surface area contributed by atoms with Crippen LogP contribution in [0.25, 0.3) is 0 Å². The van der Waals surface area contributed by atoms with Crippen molar-refractivity contribution in [1.29, 1.82) is 0 Å². The fraction of sp³-hybridized carbons (Fsp3) is 1.00. The van der Waals surface area contributed by atoms with E-state index < -0.39 is 0 Å². The third-order valence-electron chi connectivity index (χ3n) is 1.96. The van der Waals surface area contributed by atoms with Gasteiger partial charge in [-0.1, -0.05) is 0 Å². The highest BCUT2D eigenvalue weighted by Crippen LogP contribution is 2.52. The van der Waals surface area contributed by atoms with Gasteiger partial charge in [0.25, 0.3) is 0 Å². The normalized spacial score (nSPS) is 34.1. The molecular formula is C6H11NS. The first kappa shape index (κ1) is 5.12. The highest BCUT2D eigenvalue weighted by molar-refractivity contribution is 8.01. The summed E-state index contributed by atoms with van der Waals surface area (Å²) in [6, 6.07) is 0. The quantitative estimate of drug-likeness (QED) is 0.483. The molecule has 0 bridgehead atoms. The lowest BCUT2D eigenvalue weighted by molar-refractivity contribution is 0.412. The first-order valence-corrected chi connectivity index (χ1v) is 4.12. The maximum Gasteiger partial charge on any atom is 0.0447 e. The summed E-state index contributed by atoms with van der Waals surface area (Å²) >= 11 is 2.14. The molecule has 0 atom stereocenters. The minimum absolute atomic E-state index is 0.759. The molecule has 8 heavy (non-hydrogen) atoms. The topological polar surface area (TPSA) is 3.24 Å². The highest BCUT2D eigenvalue weighted by atomic mass is 32.2. The van der Waals surface area contributed by atoms with Crippen molar-refractivity contribution in [3.05, 3.63) is 0 Å². The Labute approximate surface area is 54.4 Å². The molecule has 0 unspecified atom stereocenters. The zero-order valence-electron chi connectivity index (χ0n) is 5.18. The summed E-state index contributed by atoms with van der Waals surface area (Å²) in [6.45, 7) is 1.34. The second-order valence-corrected chi connectivity index (χ2v) is 4.38. The Morgan fingerprint density at radius 2 is 2.25 bits per heavy atom. The van der Waals surface area contributed by atoms with Gasteiger partial charge in [-0.2, -0.15) is 0 Å². The Morgan fingerprint density at radius 3 is 2.50 bits per heavy atom. The summed E-state index contributed by atoms with van der Waals surface area (Å²) in [5, 5.41) is 0. The third-order valence-corrected chi connectivity index (χ3v) is 3.68. The minimum Gasteiger partial charge on any atom is -0.296 e. The Bertz CT molecular complexity index is 109. The van der Waals surface area contributed by atoms with Crippen molar-refractivity contribution in [1.82, 2.24) is 4.90 Å². The van der Waals surface area contributed by atoms with Gasteiger partial charge in [0.05, 0.1) is 0 Å². The SMILES string of the molecule is CN1CSC2(CC2)C1. The maximum absolute atomic E-state index is 2.41. The van der Waals surface area contributed by atoms with Crippen LogP contribution in [0, 0.1) is 0 Å². The van der Waals surface area contributed by atoms with Crippen LogP contribution in [0.5, 0.6) is 0 Å². The molecule has 0 amide bonds. The van der Waals surface area contributed by atoms with Crippen molar-refractivity contribution >= 4 is 11.8 Å². The number of hydrogen-bond donors (Lipinski definition) is 0. The molecule has 2 fully saturated rings. The Morgan fingerprint density at radius 1 is 1.50 bits per heavy atom. The second-order valence-electron chi connectivity index (χ2n) is 2.97. The van der Waals surface area contributed by atoms with Crippen molar-refractivity contribution in [3.8, 4) is 0 Å². The molecule has 0 aromatic carbocycles. The monoisotopic (exact) mass is 129 g/mol. The van der Waals surface area contributed by atoms with Gasteiger partial charge in [-0.3, -0.25) is 4.90 Å². The van der Waals surface area contributed by atoms with Gasteiger partial charge in [0, 0.05) is 17.2 Å². The van der Waals surface area contributed by atoms with Crippen LogP contribution in [0.15, 0.2) is 0 Å². The van der Waals surface area contributed by atoms with Crippen LogP contribution in [0.3, 0.4) is 0 Å². The average molecular weight is 129 g/mol. The van der Waals surface area contributed by atoms with Crippen LogP contribution in [-0.4, -0.2) is 29.1 Å². The lowest BCUT2D eigenvalue weighted by Crippen LogP contribution is -2.16. The van der Waals surface area contributed by atoms with Crippen molar-refractivity contribution in [3.63, 3.8) is 0 Å². The molecule has 1 aliphatic heterocycles. The Hall–Kier alpha value is 0.310. The number of thioether (sulfide) groups is 1. The average Bonchev–Trinajstić information content (AvgIpc) is 2.34. The van der Waals surface area contributed by atoms with E-state index in [1.807, 2.05) is 0 Å². The lowest BCUT2D eigenvalue weighted by atomic mass is 10.4. The predicted molar refractivity (Wildman–Crippen MR) is 37.1 cm³/mol. The molecule has 0 radical (unpaired) electrons. The van der Waals surface area contributed by atoms with Crippen LogP contribution in [0.1, 0.15) is 12.8 Å². The highest BCUT2D eigenvalue weighted by Gasteiger charge is 2.47. The van der Waals surface area contributed by atoms with E-state index in [2.05, 4.69) is 23.7 Å². The van der Waals surface area contributed by atoms with Crippen molar-refractivity contribution in [2.24, 2.45) is 0 Å². The van der Waals surface area contributed by atoms with Crippen LogP contribution in [0.2, 0.25) is 0 Å². The molecule has 2 heteroatoms. The van der Waals surface area contributed by atoms with Gasteiger partial charge in [0.2, 0.25) is 0 Å². The van der Waals surface area contributed by atoms with Gasteiger partial charge < -0.3 is 0 Å². The minimum atomic E-state index is 0.759.